The molecular formula is C24H26N2O2. The SMILES string of the molecule is COc1c(CCc2ccc(N)cc2)cc(-c2ccc[nH]c2=O)cc1C1(C)CC1. The Morgan fingerprint density at radius 2 is 1.86 bits per heavy atom. The average Bonchev–Trinajstić information content (AvgIpc) is 3.46. The van der Waals surface area contributed by atoms with Crippen LogP contribution in [0.25, 0.3) is 11.1 Å². The molecule has 144 valence electrons. The van der Waals surface area contributed by atoms with Crippen molar-refractivity contribution in [3.05, 3.63) is 81.8 Å². The standard InChI is InChI=1S/C24H26N2O2/c1-24(11-12-24)21-15-18(20-4-3-13-26-23(20)27)14-17(22(21)28-2)8-5-16-6-9-19(25)10-7-16/h3-4,6-7,9-10,13-15H,5,8,11-12,25H2,1-2H3,(H,26,27). The molecule has 0 aliphatic heterocycles. The van der Waals surface area contributed by atoms with Gasteiger partial charge in [0, 0.05) is 23.0 Å². The molecule has 1 heterocycles. The average molecular weight is 374 g/mol. The molecule has 0 bridgehead atoms. The monoisotopic (exact) mass is 374 g/mol. The summed E-state index contributed by atoms with van der Waals surface area (Å²) in [5, 5.41) is 0. The summed E-state index contributed by atoms with van der Waals surface area (Å²) >= 11 is 0. The molecule has 0 atom stereocenters. The van der Waals surface area contributed by atoms with Gasteiger partial charge in [-0.1, -0.05) is 19.1 Å². The van der Waals surface area contributed by atoms with Gasteiger partial charge < -0.3 is 15.5 Å². The molecule has 4 nitrogen and oxygen atoms in total. The lowest BCUT2D eigenvalue weighted by atomic mass is 9.89. The summed E-state index contributed by atoms with van der Waals surface area (Å²) in [7, 11) is 1.74. The van der Waals surface area contributed by atoms with Gasteiger partial charge in [-0.25, -0.2) is 0 Å². The lowest BCUT2D eigenvalue weighted by Crippen LogP contribution is -2.11. The quantitative estimate of drug-likeness (QED) is 0.626. The maximum absolute atomic E-state index is 12.4. The van der Waals surface area contributed by atoms with Crippen molar-refractivity contribution in [1.29, 1.82) is 0 Å². The van der Waals surface area contributed by atoms with Crippen molar-refractivity contribution in [2.24, 2.45) is 0 Å². The minimum Gasteiger partial charge on any atom is -0.496 e. The Morgan fingerprint density at radius 1 is 1.11 bits per heavy atom. The van der Waals surface area contributed by atoms with Gasteiger partial charge in [-0.05, 0) is 84.2 Å². The molecule has 1 aliphatic rings. The van der Waals surface area contributed by atoms with E-state index in [9.17, 15) is 4.79 Å². The number of aromatic amines is 1. The Balaban J connectivity index is 1.77. The third-order valence-electron chi connectivity index (χ3n) is 5.81. The van der Waals surface area contributed by atoms with Crippen molar-refractivity contribution in [2.45, 2.75) is 38.0 Å². The number of H-pyrrole nitrogens is 1. The van der Waals surface area contributed by atoms with Gasteiger partial charge in [0.1, 0.15) is 5.75 Å². The first-order valence-corrected chi connectivity index (χ1v) is 9.74. The highest BCUT2D eigenvalue weighted by Crippen LogP contribution is 2.52. The first kappa shape index (κ1) is 18.4. The van der Waals surface area contributed by atoms with Crippen LogP contribution in [0.5, 0.6) is 5.75 Å². The molecule has 0 amide bonds. The van der Waals surface area contributed by atoms with Gasteiger partial charge in [-0.15, -0.1) is 0 Å². The summed E-state index contributed by atoms with van der Waals surface area (Å²) in [6, 6.07) is 16.0. The number of nitrogens with two attached hydrogens (primary N) is 1. The lowest BCUT2D eigenvalue weighted by Gasteiger charge is -2.20. The maximum atomic E-state index is 12.4. The van der Waals surface area contributed by atoms with Crippen molar-refractivity contribution in [2.75, 3.05) is 12.8 Å². The van der Waals surface area contributed by atoms with Crippen LogP contribution in [0.3, 0.4) is 0 Å². The van der Waals surface area contributed by atoms with Gasteiger partial charge in [0.25, 0.3) is 5.56 Å². The summed E-state index contributed by atoms with van der Waals surface area (Å²) in [6.07, 6.45) is 5.70. The van der Waals surface area contributed by atoms with Crippen LogP contribution < -0.4 is 16.0 Å². The first-order chi connectivity index (χ1) is 13.5. The van der Waals surface area contributed by atoms with E-state index in [1.165, 1.54) is 11.1 Å². The topological polar surface area (TPSA) is 68.1 Å². The summed E-state index contributed by atoms with van der Waals surface area (Å²) in [5.41, 5.74) is 11.9. The summed E-state index contributed by atoms with van der Waals surface area (Å²) in [5.74, 6) is 0.964. The Morgan fingerprint density at radius 3 is 2.50 bits per heavy atom. The van der Waals surface area contributed by atoms with Crippen LogP contribution in [0, 0.1) is 0 Å². The number of aryl methyl sites for hydroxylation is 2. The fraction of sp³-hybridized carbons (Fsp3) is 0.292. The summed E-state index contributed by atoms with van der Waals surface area (Å²) in [6.45, 7) is 2.27. The van der Waals surface area contributed by atoms with E-state index in [1.54, 1.807) is 13.3 Å². The van der Waals surface area contributed by atoms with Gasteiger partial charge >= 0.3 is 0 Å². The first-order valence-electron chi connectivity index (χ1n) is 9.74. The van der Waals surface area contributed by atoms with E-state index in [0.29, 0.717) is 5.56 Å². The van der Waals surface area contributed by atoms with E-state index < -0.39 is 0 Å². The molecule has 3 N–H and O–H groups in total. The second-order valence-electron chi connectivity index (χ2n) is 7.93. The predicted octanol–water partition coefficient (Wildman–Crippen LogP) is 4.47. The second kappa shape index (κ2) is 7.19. The molecule has 1 saturated carbocycles. The fourth-order valence-corrected chi connectivity index (χ4v) is 3.79. The number of pyridine rings is 1. The van der Waals surface area contributed by atoms with E-state index in [-0.39, 0.29) is 11.0 Å². The van der Waals surface area contributed by atoms with Gasteiger partial charge in [0.2, 0.25) is 0 Å². The van der Waals surface area contributed by atoms with Crippen molar-refractivity contribution in [3.63, 3.8) is 0 Å². The van der Waals surface area contributed by atoms with Gasteiger partial charge in [0.15, 0.2) is 0 Å². The number of ether oxygens (including phenoxy) is 1. The van der Waals surface area contributed by atoms with Crippen LogP contribution in [-0.4, -0.2) is 12.1 Å². The van der Waals surface area contributed by atoms with Crippen LogP contribution in [0.15, 0.2) is 59.5 Å². The molecule has 3 aromatic rings. The fourth-order valence-electron chi connectivity index (χ4n) is 3.79. The second-order valence-corrected chi connectivity index (χ2v) is 7.93. The minimum atomic E-state index is -0.0657. The summed E-state index contributed by atoms with van der Waals surface area (Å²) < 4.78 is 5.87. The third kappa shape index (κ3) is 3.55. The van der Waals surface area contributed by atoms with Crippen LogP contribution in [0.2, 0.25) is 0 Å². The van der Waals surface area contributed by atoms with E-state index in [0.717, 1.165) is 48.2 Å². The van der Waals surface area contributed by atoms with Crippen LogP contribution >= 0.6 is 0 Å². The van der Waals surface area contributed by atoms with Crippen molar-refractivity contribution in [3.8, 4) is 16.9 Å². The molecule has 28 heavy (non-hydrogen) atoms. The number of rotatable bonds is 6. The zero-order valence-electron chi connectivity index (χ0n) is 16.4. The summed E-state index contributed by atoms with van der Waals surface area (Å²) in [4.78, 5) is 15.2. The van der Waals surface area contributed by atoms with Crippen LogP contribution in [0.4, 0.5) is 5.69 Å². The molecular weight excluding hydrogens is 348 g/mol. The highest BCUT2D eigenvalue weighted by Gasteiger charge is 2.42. The third-order valence-corrected chi connectivity index (χ3v) is 5.81. The van der Waals surface area contributed by atoms with Crippen molar-refractivity contribution >= 4 is 5.69 Å². The number of hydrogen-bond acceptors (Lipinski definition) is 3. The van der Waals surface area contributed by atoms with Crippen molar-refractivity contribution < 1.29 is 4.74 Å². The molecule has 0 saturated heterocycles. The van der Waals surface area contributed by atoms with Gasteiger partial charge in [-0.3, -0.25) is 4.79 Å². The zero-order chi connectivity index (χ0) is 19.7. The number of benzene rings is 2. The normalized spacial score (nSPS) is 14.6. The smallest absolute Gasteiger partial charge is 0.255 e. The van der Waals surface area contributed by atoms with Gasteiger partial charge in [0.05, 0.1) is 7.11 Å². The van der Waals surface area contributed by atoms with Crippen LogP contribution in [0.1, 0.15) is 36.5 Å². The number of hydrogen-bond donors (Lipinski definition) is 2. The largest absolute Gasteiger partial charge is 0.496 e. The Labute approximate surface area is 165 Å². The molecule has 2 aromatic carbocycles. The molecule has 0 unspecified atom stereocenters. The molecule has 1 aromatic heterocycles. The number of methoxy groups -OCH3 is 1. The highest BCUT2D eigenvalue weighted by molar-refractivity contribution is 5.68. The highest BCUT2D eigenvalue weighted by atomic mass is 16.5. The van der Waals surface area contributed by atoms with E-state index in [1.807, 2.05) is 24.3 Å². The van der Waals surface area contributed by atoms with E-state index in [4.69, 9.17) is 10.5 Å². The zero-order valence-corrected chi connectivity index (χ0v) is 16.4. The molecule has 1 fully saturated rings. The predicted molar refractivity (Wildman–Crippen MR) is 114 cm³/mol. The molecule has 0 spiro atoms. The molecule has 0 radical (unpaired) electrons. The van der Waals surface area contributed by atoms with Crippen LogP contribution in [-0.2, 0) is 18.3 Å². The lowest BCUT2D eigenvalue weighted by molar-refractivity contribution is 0.400. The number of nitrogens with one attached hydrogen (secondary N) is 1. The van der Waals surface area contributed by atoms with Gasteiger partial charge in [-0.2, -0.15) is 0 Å². The minimum absolute atomic E-state index is 0.0657. The Kier molecular flexibility index (Phi) is 4.71. The Hall–Kier alpha value is -3.01. The van der Waals surface area contributed by atoms with E-state index >= 15 is 0 Å². The van der Waals surface area contributed by atoms with Crippen molar-refractivity contribution in [1.82, 2.24) is 4.98 Å². The number of nitrogen functional groups attached to an aromatic ring is 1. The number of aromatic nitrogens is 1. The maximum Gasteiger partial charge on any atom is 0.255 e. The van der Waals surface area contributed by atoms with E-state index in [2.05, 4.69) is 36.2 Å². The molecule has 4 heteroatoms. The Bertz CT molecular complexity index is 1050. The molecule has 4 rings (SSSR count). The number of anilines is 1. The molecule has 1 aliphatic carbocycles.